The number of rotatable bonds is 3. The van der Waals surface area contributed by atoms with E-state index in [1.165, 1.54) is 27.5 Å². The molecule has 2 heterocycles. The van der Waals surface area contributed by atoms with Crippen molar-refractivity contribution in [3.05, 3.63) is 133 Å². The number of halogens is 1. The molecule has 0 fully saturated rings. The summed E-state index contributed by atoms with van der Waals surface area (Å²) in [6.45, 7) is 2.10. The first-order chi connectivity index (χ1) is 18.7. The lowest BCUT2D eigenvalue weighted by Gasteiger charge is -2.33. The Balaban J connectivity index is 1.54. The van der Waals surface area contributed by atoms with Crippen LogP contribution < -0.4 is 4.90 Å². The summed E-state index contributed by atoms with van der Waals surface area (Å²) in [4.78, 5) is 9.96. The number of fused-ring (bicyclic) bond motifs is 3. The van der Waals surface area contributed by atoms with Crippen molar-refractivity contribution in [3.8, 4) is 22.4 Å². The minimum absolute atomic E-state index is 0.256. The smallest absolute Gasteiger partial charge is 0.123 e. The van der Waals surface area contributed by atoms with Crippen molar-refractivity contribution in [2.24, 2.45) is 0 Å². The Morgan fingerprint density at radius 2 is 1.24 bits per heavy atom. The summed E-state index contributed by atoms with van der Waals surface area (Å²) in [5, 5.41) is 1.07. The maximum atomic E-state index is 13.8. The largest absolute Gasteiger partial charge is 0.306 e. The minimum Gasteiger partial charge on any atom is -0.306 e. The van der Waals surface area contributed by atoms with Crippen LogP contribution in [0.15, 0.2) is 131 Å². The van der Waals surface area contributed by atoms with Gasteiger partial charge in [-0.05, 0) is 78.7 Å². The van der Waals surface area contributed by atoms with Crippen LogP contribution in [0.4, 0.5) is 21.5 Å². The fourth-order valence-corrected chi connectivity index (χ4v) is 6.18. The topological polar surface area (TPSA) is 16.1 Å². The third-order valence-electron chi connectivity index (χ3n) is 6.99. The summed E-state index contributed by atoms with van der Waals surface area (Å²) in [6, 6.07) is 40.7. The molecule has 1 aliphatic heterocycles. The molecule has 0 saturated heterocycles. The van der Waals surface area contributed by atoms with Crippen molar-refractivity contribution in [1.29, 1.82) is 0 Å². The van der Waals surface area contributed by atoms with Crippen LogP contribution in [0, 0.1) is 12.7 Å². The Bertz CT molecular complexity index is 1770. The number of aryl methyl sites for hydroxylation is 1. The normalized spacial score (nSPS) is 12.3. The van der Waals surface area contributed by atoms with Gasteiger partial charge in [0.25, 0.3) is 0 Å². The minimum atomic E-state index is -0.256. The van der Waals surface area contributed by atoms with Crippen LogP contribution in [0.1, 0.15) is 5.56 Å². The fraction of sp³-hybridized carbons (Fsp3) is 0.0294. The molecular weight excluding hydrogens is 487 g/mol. The second-order valence-electron chi connectivity index (χ2n) is 9.47. The fourth-order valence-electron chi connectivity index (χ4n) is 5.12. The Morgan fingerprint density at radius 1 is 0.632 bits per heavy atom. The molecule has 7 rings (SSSR count). The monoisotopic (exact) mass is 510 g/mol. The molecule has 2 nitrogen and oxygen atoms in total. The van der Waals surface area contributed by atoms with Crippen molar-refractivity contribution in [1.82, 2.24) is 4.98 Å². The SMILES string of the molecule is Cc1ccc(-c2cc(-c3ccc(F)cc3)nc3c(N4c5ccccc5Sc5ccccc54)cccc23)cc1. The summed E-state index contributed by atoms with van der Waals surface area (Å²) >= 11 is 1.79. The van der Waals surface area contributed by atoms with Gasteiger partial charge in [0.1, 0.15) is 5.82 Å². The van der Waals surface area contributed by atoms with Gasteiger partial charge >= 0.3 is 0 Å². The molecule has 0 aliphatic carbocycles. The van der Waals surface area contributed by atoms with Crippen molar-refractivity contribution in [2.75, 3.05) is 4.90 Å². The molecule has 0 saturated carbocycles. The average Bonchev–Trinajstić information content (AvgIpc) is 2.96. The summed E-state index contributed by atoms with van der Waals surface area (Å²) in [6.07, 6.45) is 0. The number of benzene rings is 5. The van der Waals surface area contributed by atoms with E-state index in [-0.39, 0.29) is 5.82 Å². The molecule has 1 aliphatic rings. The molecule has 182 valence electrons. The maximum absolute atomic E-state index is 13.8. The van der Waals surface area contributed by atoms with E-state index in [0.717, 1.165) is 50.3 Å². The zero-order valence-corrected chi connectivity index (χ0v) is 21.5. The van der Waals surface area contributed by atoms with E-state index < -0.39 is 0 Å². The van der Waals surface area contributed by atoms with Gasteiger partial charge in [-0.25, -0.2) is 9.37 Å². The Hall–Kier alpha value is -4.41. The van der Waals surface area contributed by atoms with E-state index >= 15 is 0 Å². The van der Waals surface area contributed by atoms with E-state index in [1.807, 2.05) is 0 Å². The molecule has 0 unspecified atom stereocenters. The average molecular weight is 511 g/mol. The molecule has 5 aromatic carbocycles. The predicted molar refractivity (Wildman–Crippen MR) is 156 cm³/mol. The van der Waals surface area contributed by atoms with Gasteiger partial charge in [0.2, 0.25) is 0 Å². The Labute approximate surface area is 225 Å². The highest BCUT2D eigenvalue weighted by Crippen LogP contribution is 2.52. The van der Waals surface area contributed by atoms with Gasteiger partial charge in [-0.15, -0.1) is 0 Å². The highest BCUT2D eigenvalue weighted by Gasteiger charge is 2.26. The number of hydrogen-bond donors (Lipinski definition) is 0. The first-order valence-electron chi connectivity index (χ1n) is 12.6. The lowest BCUT2D eigenvalue weighted by atomic mass is 9.96. The van der Waals surface area contributed by atoms with Crippen molar-refractivity contribution in [3.63, 3.8) is 0 Å². The summed E-state index contributed by atoms with van der Waals surface area (Å²) in [7, 11) is 0. The number of hydrogen-bond acceptors (Lipinski definition) is 3. The number of para-hydroxylation sites is 3. The third-order valence-corrected chi connectivity index (χ3v) is 8.12. The van der Waals surface area contributed by atoms with E-state index in [9.17, 15) is 4.39 Å². The lowest BCUT2D eigenvalue weighted by Crippen LogP contribution is -2.15. The maximum Gasteiger partial charge on any atom is 0.123 e. The van der Waals surface area contributed by atoms with Gasteiger partial charge in [0.15, 0.2) is 0 Å². The number of anilines is 3. The number of aromatic nitrogens is 1. The Kier molecular flexibility index (Phi) is 5.49. The second-order valence-corrected chi connectivity index (χ2v) is 10.6. The van der Waals surface area contributed by atoms with Crippen LogP contribution >= 0.6 is 11.8 Å². The molecule has 6 aromatic rings. The van der Waals surface area contributed by atoms with Gasteiger partial charge in [0, 0.05) is 20.7 Å². The lowest BCUT2D eigenvalue weighted by molar-refractivity contribution is 0.628. The molecule has 0 amide bonds. The van der Waals surface area contributed by atoms with Crippen molar-refractivity contribution >= 4 is 39.7 Å². The molecule has 0 atom stereocenters. The molecule has 1 aromatic heterocycles. The van der Waals surface area contributed by atoms with Crippen LogP contribution in [0.5, 0.6) is 0 Å². The van der Waals surface area contributed by atoms with Crippen molar-refractivity contribution in [2.45, 2.75) is 16.7 Å². The number of pyridine rings is 1. The van der Waals surface area contributed by atoms with Gasteiger partial charge in [-0.2, -0.15) is 0 Å². The highest BCUT2D eigenvalue weighted by atomic mass is 32.2. The quantitative estimate of drug-likeness (QED) is 0.235. The molecule has 0 N–H and O–H groups in total. The van der Waals surface area contributed by atoms with Crippen LogP contribution in [0.25, 0.3) is 33.3 Å². The zero-order valence-electron chi connectivity index (χ0n) is 20.7. The van der Waals surface area contributed by atoms with E-state index in [1.54, 1.807) is 23.9 Å². The van der Waals surface area contributed by atoms with Crippen LogP contribution in [-0.2, 0) is 0 Å². The van der Waals surface area contributed by atoms with Gasteiger partial charge in [-0.3, -0.25) is 0 Å². The number of nitrogens with zero attached hydrogens (tertiary/aromatic N) is 2. The van der Waals surface area contributed by atoms with Gasteiger partial charge in [0.05, 0.1) is 28.3 Å². The van der Waals surface area contributed by atoms with E-state index in [0.29, 0.717) is 0 Å². The van der Waals surface area contributed by atoms with Gasteiger partial charge in [-0.1, -0.05) is 78.0 Å². The van der Waals surface area contributed by atoms with Gasteiger partial charge < -0.3 is 4.90 Å². The summed E-state index contributed by atoms with van der Waals surface area (Å²) < 4.78 is 13.8. The molecular formula is C34H23FN2S. The third kappa shape index (κ3) is 3.85. The molecule has 0 bridgehead atoms. The van der Waals surface area contributed by atoms with E-state index in [2.05, 4.69) is 109 Å². The van der Waals surface area contributed by atoms with Crippen molar-refractivity contribution < 1.29 is 4.39 Å². The molecule has 0 radical (unpaired) electrons. The Morgan fingerprint density at radius 3 is 1.92 bits per heavy atom. The summed E-state index contributed by atoms with van der Waals surface area (Å²) in [5.41, 5.74) is 9.32. The first-order valence-corrected chi connectivity index (χ1v) is 13.4. The van der Waals surface area contributed by atoms with Crippen LogP contribution in [0.2, 0.25) is 0 Å². The molecule has 38 heavy (non-hydrogen) atoms. The second kappa shape index (κ2) is 9.16. The van der Waals surface area contributed by atoms with Crippen LogP contribution in [0.3, 0.4) is 0 Å². The standard InChI is InChI=1S/C34H23FN2S/c1-22-13-15-23(16-14-22)27-21-28(24-17-19-25(35)20-18-24)36-34-26(27)7-6-10-31(34)37-29-8-2-4-11-32(29)38-33-12-5-3-9-30(33)37/h2-21H,1H3. The zero-order chi connectivity index (χ0) is 25.6. The predicted octanol–water partition coefficient (Wildman–Crippen LogP) is 9.95. The summed E-state index contributed by atoms with van der Waals surface area (Å²) in [5.74, 6) is -0.256. The molecule has 0 spiro atoms. The van der Waals surface area contributed by atoms with E-state index in [4.69, 9.17) is 4.98 Å². The first kappa shape index (κ1) is 22.8. The molecule has 4 heteroatoms. The van der Waals surface area contributed by atoms with Crippen LogP contribution in [-0.4, -0.2) is 4.98 Å². The highest BCUT2D eigenvalue weighted by molar-refractivity contribution is 7.99.